The summed E-state index contributed by atoms with van der Waals surface area (Å²) in [6.45, 7) is 0. The van der Waals surface area contributed by atoms with E-state index < -0.39 is 8.89 Å². The van der Waals surface area contributed by atoms with Crippen LogP contribution in [-0.4, -0.2) is 3.18 Å². The van der Waals surface area contributed by atoms with E-state index in [4.69, 9.17) is 11.6 Å². The standard InChI is InChI=1S/C5H4Cl.C5H5.Ti/c6-5-3-1-2-4-5;1-2-4-5-3-1;/h1-4H;1-5H;. The van der Waals surface area contributed by atoms with Crippen molar-refractivity contribution in [2.24, 2.45) is 0 Å². The predicted octanol–water partition coefficient (Wildman–Crippen LogP) is 3.52. The summed E-state index contributed by atoms with van der Waals surface area (Å²) >= 11 is 7.09. The quantitative estimate of drug-likeness (QED) is 0.426. The zero-order valence-corrected chi connectivity index (χ0v) is 8.89. The Morgan fingerprint density at radius 2 is 1.17 bits per heavy atom. The van der Waals surface area contributed by atoms with Crippen molar-refractivity contribution in [2.45, 2.75) is 41.2 Å². The second-order valence-corrected chi connectivity index (χ2v) is 47.1. The van der Waals surface area contributed by atoms with Crippen molar-refractivity contribution < 1.29 is 8.89 Å². The first-order valence-corrected chi connectivity index (χ1v) is 15.6. The van der Waals surface area contributed by atoms with E-state index in [2.05, 4.69) is 0 Å². The summed E-state index contributed by atoms with van der Waals surface area (Å²) in [5.74, 6) is 0. The summed E-state index contributed by atoms with van der Waals surface area (Å²) in [7, 11) is -3.05. The van der Waals surface area contributed by atoms with Gasteiger partial charge in [0.2, 0.25) is 0 Å². The average molecular weight is 213 g/mol. The van der Waals surface area contributed by atoms with Crippen molar-refractivity contribution in [2.75, 3.05) is 0 Å². The molecule has 0 aromatic carbocycles. The number of alkyl halides is 1. The Hall–Kier alpha value is 1.00. The van der Waals surface area contributed by atoms with Crippen molar-refractivity contribution in [1.29, 1.82) is 0 Å². The van der Waals surface area contributed by atoms with Gasteiger partial charge in [-0.2, -0.15) is 0 Å². The molecule has 10 rings (SSSR count). The van der Waals surface area contributed by atoms with Gasteiger partial charge in [-0.1, -0.05) is 0 Å². The molecule has 0 aromatic rings. The Kier molecular flexibility index (Phi) is 0.0751. The Morgan fingerprint density at radius 1 is 0.750 bits per heavy atom. The molecule has 0 bridgehead atoms. The van der Waals surface area contributed by atoms with Gasteiger partial charge in [0.05, 0.1) is 0 Å². The molecule has 12 heavy (non-hydrogen) atoms. The van der Waals surface area contributed by atoms with Gasteiger partial charge in [-0.05, 0) is 0 Å². The van der Waals surface area contributed by atoms with Gasteiger partial charge in [0.1, 0.15) is 0 Å². The molecular formula is C10H9ClTi. The SMILES string of the molecule is Cl[C]12[CH]3[CH]4[CH]5[CH]1[Ti]45321678[CH]2[CH]1[CH]6[CH]7[CH]28. The van der Waals surface area contributed by atoms with E-state index in [1.807, 2.05) is 0 Å². The second kappa shape index (κ2) is 0.233. The molecule has 0 nitrogen and oxygen atoms in total. The molecule has 4 unspecified atom stereocenters. The van der Waals surface area contributed by atoms with Gasteiger partial charge >= 0.3 is 61.7 Å². The first kappa shape index (κ1) is 3.87. The van der Waals surface area contributed by atoms with Gasteiger partial charge in [0.25, 0.3) is 0 Å². The number of rotatable bonds is 0. The van der Waals surface area contributed by atoms with Gasteiger partial charge in [0, 0.05) is 0 Å². The van der Waals surface area contributed by atoms with E-state index in [9.17, 15) is 0 Å². The first-order valence-electron chi connectivity index (χ1n) is 6.28. The van der Waals surface area contributed by atoms with Crippen LogP contribution in [0, 0.1) is 0 Å². The van der Waals surface area contributed by atoms with Crippen LogP contribution >= 0.6 is 11.6 Å². The number of hydrogen-bond acceptors (Lipinski definition) is 0. The Bertz CT molecular complexity index is 755. The molecule has 10 aliphatic heterocycles. The molecule has 10 saturated heterocycles. The van der Waals surface area contributed by atoms with Crippen LogP contribution in [0.1, 0.15) is 0 Å². The monoisotopic (exact) mass is 212 g/mol. The fourth-order valence-electron chi connectivity index (χ4n) is 23.2. The van der Waals surface area contributed by atoms with Gasteiger partial charge < -0.3 is 0 Å². The fraction of sp³-hybridized carbons (Fsp3) is 1.00. The van der Waals surface area contributed by atoms with Crippen LogP contribution in [0.3, 0.4) is 0 Å². The Balaban J connectivity index is 2.31. The van der Waals surface area contributed by atoms with E-state index in [1.54, 1.807) is 0 Å². The zero-order valence-electron chi connectivity index (χ0n) is 6.57. The molecule has 0 saturated carbocycles. The third kappa shape index (κ3) is 0.0240. The second-order valence-electron chi connectivity index (χ2n) is 12.7. The minimum atomic E-state index is -3.05. The summed E-state index contributed by atoms with van der Waals surface area (Å²) in [5.41, 5.74) is 0. The molecule has 4 atom stereocenters. The topological polar surface area (TPSA) is 0 Å². The average Bonchev–Trinajstić information content (AvgIpc) is 2.97. The molecule has 10 fully saturated rings. The third-order valence-corrected chi connectivity index (χ3v) is 84.1. The fourth-order valence-corrected chi connectivity index (χ4v) is 151. The molecule has 0 N–H and O–H groups in total. The maximum atomic E-state index is 7.09. The van der Waals surface area contributed by atoms with Crippen LogP contribution in [0.5, 0.6) is 0 Å². The number of fused-ring (bicyclic) bond motifs is 10. The van der Waals surface area contributed by atoms with Crippen LogP contribution in [-0.2, 0) is 8.89 Å². The van der Waals surface area contributed by atoms with Crippen LogP contribution in [0.2, 0.25) is 38.0 Å². The van der Waals surface area contributed by atoms with Crippen LogP contribution in [0.15, 0.2) is 0 Å². The number of hydrogen-bond donors (Lipinski definition) is 0. The molecule has 10 aliphatic rings. The van der Waals surface area contributed by atoms with Gasteiger partial charge in [0.15, 0.2) is 0 Å². The van der Waals surface area contributed by atoms with E-state index >= 15 is 0 Å². The molecule has 60 valence electrons. The molecule has 0 aromatic heterocycles. The molecule has 0 radical (unpaired) electrons. The van der Waals surface area contributed by atoms with Crippen molar-refractivity contribution >= 4 is 11.6 Å². The van der Waals surface area contributed by atoms with E-state index in [0.717, 1.165) is 0 Å². The molecule has 0 amide bonds. The molecule has 1 spiro atoms. The summed E-state index contributed by atoms with van der Waals surface area (Å²) in [6, 6.07) is 0. The summed E-state index contributed by atoms with van der Waals surface area (Å²) in [6.07, 6.45) is 0. The Morgan fingerprint density at radius 3 is 1.17 bits per heavy atom. The van der Waals surface area contributed by atoms with Gasteiger partial charge in [-0.3, -0.25) is 0 Å². The minimum absolute atomic E-state index is 0.691. The van der Waals surface area contributed by atoms with Crippen molar-refractivity contribution in [1.82, 2.24) is 0 Å². The van der Waals surface area contributed by atoms with E-state index in [0.29, 0.717) is 3.18 Å². The van der Waals surface area contributed by atoms with Gasteiger partial charge in [-0.25, -0.2) is 0 Å². The molecule has 10 heterocycles. The van der Waals surface area contributed by atoms with Crippen LogP contribution in [0.25, 0.3) is 0 Å². The van der Waals surface area contributed by atoms with Crippen LogP contribution < -0.4 is 0 Å². The summed E-state index contributed by atoms with van der Waals surface area (Å²) in [5, 5.41) is 0. The maximum absolute atomic E-state index is 7.09. The van der Waals surface area contributed by atoms with E-state index in [-0.39, 0.29) is 0 Å². The molecular weight excluding hydrogens is 203 g/mol. The van der Waals surface area contributed by atoms with E-state index in [1.165, 1.54) is 38.0 Å². The van der Waals surface area contributed by atoms with Crippen LogP contribution in [0.4, 0.5) is 0 Å². The third-order valence-electron chi connectivity index (χ3n) is 20.0. The van der Waals surface area contributed by atoms with Crippen molar-refractivity contribution in [3.63, 3.8) is 0 Å². The van der Waals surface area contributed by atoms with Crippen molar-refractivity contribution in [3.8, 4) is 0 Å². The summed E-state index contributed by atoms with van der Waals surface area (Å²) < 4.78 is 13.5. The zero-order chi connectivity index (χ0) is 7.01. The normalized spacial score (nSPS) is 164. The predicted molar refractivity (Wildman–Crippen MR) is 42.3 cm³/mol. The molecule has 0 aliphatic carbocycles. The number of halogens is 1. The molecule has 2 heteroatoms. The van der Waals surface area contributed by atoms with Crippen molar-refractivity contribution in [3.05, 3.63) is 0 Å². The Labute approximate surface area is 61.5 Å². The van der Waals surface area contributed by atoms with Gasteiger partial charge in [-0.15, -0.1) is 0 Å². The first-order chi connectivity index (χ1) is 5.55. The summed E-state index contributed by atoms with van der Waals surface area (Å²) in [4.78, 5) is 0.